The third-order valence-corrected chi connectivity index (χ3v) is 9.37. The van der Waals surface area contributed by atoms with E-state index in [1.54, 1.807) is 9.80 Å². The van der Waals surface area contributed by atoms with E-state index in [0.29, 0.717) is 47.7 Å². The Hall–Kier alpha value is -5.08. The van der Waals surface area contributed by atoms with Crippen LogP contribution in [0.2, 0.25) is 10.3 Å². The number of methoxy groups -OCH3 is 2. The van der Waals surface area contributed by atoms with E-state index in [0.717, 1.165) is 35.1 Å². The van der Waals surface area contributed by atoms with E-state index in [-0.39, 0.29) is 36.6 Å². The molecule has 0 spiro atoms. The number of nitrogens with zero attached hydrogens (tertiary/aromatic N) is 4. The lowest BCUT2D eigenvalue weighted by molar-refractivity contribution is -0.134. The molecule has 0 unspecified atom stereocenters. The summed E-state index contributed by atoms with van der Waals surface area (Å²) in [6, 6.07) is 15.7. The molecule has 2 aromatic carbocycles. The topological polar surface area (TPSA) is 175 Å². The number of nitrogens with one attached hydrogen (secondary N) is 4. The van der Waals surface area contributed by atoms with Crippen LogP contribution in [-0.4, -0.2) is 94.1 Å². The summed E-state index contributed by atoms with van der Waals surface area (Å²) in [7, 11) is 2.48. The second-order valence-electron chi connectivity index (χ2n) is 12.2. The van der Waals surface area contributed by atoms with E-state index in [1.807, 2.05) is 62.4 Å². The number of carbonyl (C=O) groups excluding carboxylic acids is 4. The van der Waals surface area contributed by atoms with Gasteiger partial charge in [0.05, 0.1) is 37.7 Å². The molecule has 0 aliphatic carbocycles. The van der Waals surface area contributed by atoms with E-state index in [1.165, 1.54) is 14.2 Å². The number of rotatable bonds is 12. The Balaban J connectivity index is 1.27. The van der Waals surface area contributed by atoms with Crippen molar-refractivity contribution < 1.29 is 28.7 Å². The number of amides is 4. The largest absolute Gasteiger partial charge is 0.453 e. The molecule has 16 heteroatoms. The lowest BCUT2D eigenvalue weighted by Crippen LogP contribution is -2.47. The van der Waals surface area contributed by atoms with Gasteiger partial charge in [0.2, 0.25) is 11.8 Å². The number of hydrogen-bond donors (Lipinski definition) is 4. The fourth-order valence-electron chi connectivity index (χ4n) is 6.12. The van der Waals surface area contributed by atoms with E-state index in [2.05, 4.69) is 40.0 Å². The van der Waals surface area contributed by atoms with Crippen molar-refractivity contribution in [3.05, 3.63) is 70.5 Å². The Morgan fingerprint density at radius 2 is 1.37 bits per heavy atom. The minimum absolute atomic E-state index is 0.180. The first-order valence-electron chi connectivity index (χ1n) is 16.4. The highest BCUT2D eigenvalue weighted by Crippen LogP contribution is 2.40. The number of carbonyl (C=O) groups is 4. The molecule has 0 bridgehead atoms. The standard InChI is InChI=1S/C35H40Cl2N8O6/c1-5-16-44(26(46)18-38-33(48)50-3)20-25-40-28(30(36)41-25)23-11-7-21(8-12-23)22-9-13-24(14-10-22)29-31(37)43-32(42-29)35(2)15-6-17-45(35)27(47)19-39-34(49)51-4/h7-14H,5-6,15-20H2,1-4H3,(H,38,48)(H,39,49)(H,40,41)(H,42,43)/t35-/m0/s1. The van der Waals surface area contributed by atoms with Crippen LogP contribution in [0.3, 0.4) is 0 Å². The van der Waals surface area contributed by atoms with Gasteiger partial charge in [-0.2, -0.15) is 0 Å². The molecule has 3 heterocycles. The molecule has 51 heavy (non-hydrogen) atoms. The first kappa shape index (κ1) is 37.2. The minimum Gasteiger partial charge on any atom is -0.453 e. The number of H-pyrrole nitrogens is 2. The van der Waals surface area contributed by atoms with Gasteiger partial charge in [-0.05, 0) is 37.3 Å². The van der Waals surface area contributed by atoms with Crippen LogP contribution < -0.4 is 10.6 Å². The van der Waals surface area contributed by atoms with Crippen molar-refractivity contribution in [2.24, 2.45) is 0 Å². The number of alkyl carbamates (subject to hydrolysis) is 2. The van der Waals surface area contributed by atoms with Crippen molar-refractivity contribution in [3.63, 3.8) is 0 Å². The summed E-state index contributed by atoms with van der Waals surface area (Å²) in [6.45, 7) is 4.74. The minimum atomic E-state index is -0.716. The van der Waals surface area contributed by atoms with Gasteiger partial charge in [-0.25, -0.2) is 19.6 Å². The molecule has 2 aromatic heterocycles. The molecule has 14 nitrogen and oxygen atoms in total. The first-order valence-corrected chi connectivity index (χ1v) is 17.2. The quantitative estimate of drug-likeness (QED) is 0.143. The SMILES string of the molecule is CCCN(Cc1nc(Cl)c(-c2ccc(-c3ccc(-c4[nH]c([C@]5(C)CCCN5C(=O)CNC(=O)OC)nc4Cl)cc3)cc2)[nH]1)C(=O)CNC(=O)OC. The lowest BCUT2D eigenvalue weighted by atomic mass is 9.98. The van der Waals surface area contributed by atoms with Crippen molar-refractivity contribution in [3.8, 4) is 33.6 Å². The van der Waals surface area contributed by atoms with Crippen molar-refractivity contribution in [1.29, 1.82) is 0 Å². The van der Waals surface area contributed by atoms with E-state index >= 15 is 0 Å². The van der Waals surface area contributed by atoms with Crippen LogP contribution >= 0.6 is 23.2 Å². The zero-order valence-electron chi connectivity index (χ0n) is 28.8. The number of likely N-dealkylation sites (tertiary alicyclic amines) is 1. The average molecular weight is 740 g/mol. The summed E-state index contributed by atoms with van der Waals surface area (Å²) in [5, 5.41) is 5.44. The number of benzene rings is 2. The molecule has 4 N–H and O–H groups in total. The maximum Gasteiger partial charge on any atom is 0.407 e. The van der Waals surface area contributed by atoms with Crippen molar-refractivity contribution in [2.75, 3.05) is 40.4 Å². The number of aromatic nitrogens is 4. The summed E-state index contributed by atoms with van der Waals surface area (Å²) >= 11 is 13.1. The molecule has 4 amide bonds. The van der Waals surface area contributed by atoms with Gasteiger partial charge in [0, 0.05) is 24.2 Å². The predicted octanol–water partition coefficient (Wildman–Crippen LogP) is 5.73. The molecule has 1 fully saturated rings. The van der Waals surface area contributed by atoms with Crippen LogP contribution in [0.15, 0.2) is 48.5 Å². The molecule has 1 aliphatic rings. The van der Waals surface area contributed by atoms with Gasteiger partial charge in [0.1, 0.15) is 24.7 Å². The van der Waals surface area contributed by atoms with E-state index in [9.17, 15) is 19.2 Å². The van der Waals surface area contributed by atoms with Gasteiger partial charge in [-0.15, -0.1) is 0 Å². The average Bonchev–Trinajstić information content (AvgIpc) is 3.85. The molecule has 0 saturated carbocycles. The molecule has 5 rings (SSSR count). The van der Waals surface area contributed by atoms with Crippen LogP contribution in [0.5, 0.6) is 0 Å². The summed E-state index contributed by atoms with van der Waals surface area (Å²) in [6.07, 6.45) is 0.851. The molecule has 0 radical (unpaired) electrons. The van der Waals surface area contributed by atoms with E-state index in [4.69, 9.17) is 23.2 Å². The Labute approximate surface area is 305 Å². The van der Waals surface area contributed by atoms with Gasteiger partial charge in [0.15, 0.2) is 10.3 Å². The summed E-state index contributed by atoms with van der Waals surface area (Å²) < 4.78 is 9.13. The summed E-state index contributed by atoms with van der Waals surface area (Å²) in [5.41, 5.74) is 4.17. The van der Waals surface area contributed by atoms with E-state index < -0.39 is 17.7 Å². The van der Waals surface area contributed by atoms with Crippen LogP contribution in [0.4, 0.5) is 9.59 Å². The zero-order valence-corrected chi connectivity index (χ0v) is 30.3. The Kier molecular flexibility index (Phi) is 11.9. The fourth-order valence-corrected chi connectivity index (χ4v) is 6.62. The smallest absolute Gasteiger partial charge is 0.407 e. The fraction of sp³-hybridized carbons (Fsp3) is 0.371. The second kappa shape index (κ2) is 16.3. The third kappa shape index (κ3) is 8.46. The maximum atomic E-state index is 13.0. The molecular weight excluding hydrogens is 699 g/mol. The van der Waals surface area contributed by atoms with Crippen LogP contribution in [0.25, 0.3) is 33.6 Å². The third-order valence-electron chi connectivity index (χ3n) is 8.83. The van der Waals surface area contributed by atoms with Gasteiger partial charge >= 0.3 is 12.2 Å². The monoisotopic (exact) mass is 738 g/mol. The Morgan fingerprint density at radius 1 is 0.843 bits per heavy atom. The number of imidazole rings is 2. The van der Waals surface area contributed by atoms with Crippen LogP contribution in [0, 0.1) is 0 Å². The number of aromatic amines is 2. The molecule has 1 aliphatic heterocycles. The van der Waals surface area contributed by atoms with Crippen LogP contribution in [-0.2, 0) is 31.1 Å². The van der Waals surface area contributed by atoms with Crippen molar-refractivity contribution >= 4 is 47.2 Å². The highest BCUT2D eigenvalue weighted by molar-refractivity contribution is 6.32. The Morgan fingerprint density at radius 3 is 1.94 bits per heavy atom. The molecular formula is C35H40Cl2N8O6. The van der Waals surface area contributed by atoms with Gasteiger partial charge < -0.3 is 39.9 Å². The number of halogens is 2. The van der Waals surface area contributed by atoms with Gasteiger partial charge in [-0.1, -0.05) is 78.7 Å². The molecule has 270 valence electrons. The highest BCUT2D eigenvalue weighted by Gasteiger charge is 2.43. The zero-order chi connectivity index (χ0) is 36.7. The van der Waals surface area contributed by atoms with Crippen molar-refractivity contribution in [2.45, 2.75) is 45.2 Å². The molecule has 4 aromatic rings. The highest BCUT2D eigenvalue weighted by atomic mass is 35.5. The normalized spacial score (nSPS) is 15.4. The van der Waals surface area contributed by atoms with Crippen LogP contribution in [0.1, 0.15) is 44.8 Å². The predicted molar refractivity (Wildman–Crippen MR) is 192 cm³/mol. The second-order valence-corrected chi connectivity index (χ2v) is 12.9. The Bertz CT molecular complexity index is 1880. The lowest BCUT2D eigenvalue weighted by Gasteiger charge is -2.33. The molecule has 1 saturated heterocycles. The van der Waals surface area contributed by atoms with Gasteiger partial charge in [-0.3, -0.25) is 9.59 Å². The number of ether oxygens (including phenoxy) is 2. The summed E-state index contributed by atoms with van der Waals surface area (Å²) in [5.74, 6) is 0.589. The first-order chi connectivity index (χ1) is 24.5. The number of hydrogen-bond acceptors (Lipinski definition) is 8. The molecule has 1 atom stereocenters. The summed E-state index contributed by atoms with van der Waals surface area (Å²) in [4.78, 5) is 67.5. The van der Waals surface area contributed by atoms with Gasteiger partial charge in [0.25, 0.3) is 0 Å². The van der Waals surface area contributed by atoms with Crippen molar-refractivity contribution in [1.82, 2.24) is 40.4 Å². The maximum absolute atomic E-state index is 13.0.